The van der Waals surface area contributed by atoms with Gasteiger partial charge in [0.25, 0.3) is 5.91 Å². The summed E-state index contributed by atoms with van der Waals surface area (Å²) < 4.78 is 5.32. The molecule has 2 aromatic rings. The lowest BCUT2D eigenvalue weighted by atomic mass is 10.0. The van der Waals surface area contributed by atoms with Gasteiger partial charge in [0.2, 0.25) is 5.91 Å². The Bertz CT molecular complexity index is 919. The first-order valence-corrected chi connectivity index (χ1v) is 10.6. The molecular formula is C22H28N4O4. The summed E-state index contributed by atoms with van der Waals surface area (Å²) in [6, 6.07) is 6.94. The van der Waals surface area contributed by atoms with Gasteiger partial charge >= 0.3 is 6.03 Å². The van der Waals surface area contributed by atoms with Gasteiger partial charge in [0, 0.05) is 49.8 Å². The Hall–Kier alpha value is -2.87. The second-order valence-electron chi connectivity index (χ2n) is 8.00. The maximum atomic E-state index is 12.6. The van der Waals surface area contributed by atoms with Crippen molar-refractivity contribution < 1.29 is 19.1 Å². The smallest absolute Gasteiger partial charge is 0.324 e. The van der Waals surface area contributed by atoms with E-state index in [-0.39, 0.29) is 24.3 Å². The van der Waals surface area contributed by atoms with Gasteiger partial charge in [-0.25, -0.2) is 4.79 Å². The molecule has 0 spiro atoms. The largest absolute Gasteiger partial charge is 0.381 e. The van der Waals surface area contributed by atoms with E-state index >= 15 is 0 Å². The van der Waals surface area contributed by atoms with Crippen molar-refractivity contribution in [3.05, 3.63) is 36.0 Å². The molecule has 8 nitrogen and oxygen atoms in total. The number of carbonyl (C=O) groups is 3. The highest BCUT2D eigenvalue weighted by atomic mass is 16.5. The Morgan fingerprint density at radius 1 is 1.20 bits per heavy atom. The number of nitrogens with one attached hydrogen (secondary N) is 3. The third-order valence-corrected chi connectivity index (χ3v) is 5.98. The number of imide groups is 1. The summed E-state index contributed by atoms with van der Waals surface area (Å²) >= 11 is 0. The van der Waals surface area contributed by atoms with Crippen LogP contribution in [0.5, 0.6) is 0 Å². The number of hydrogen-bond donors (Lipinski definition) is 3. The number of nitrogens with zero attached hydrogens (tertiary/aromatic N) is 1. The number of benzene rings is 1. The molecule has 1 atom stereocenters. The molecule has 0 radical (unpaired) electrons. The fraction of sp³-hybridized carbons (Fsp3) is 0.500. The highest BCUT2D eigenvalue weighted by molar-refractivity contribution is 6.04. The summed E-state index contributed by atoms with van der Waals surface area (Å²) in [5.41, 5.74) is 2.11. The van der Waals surface area contributed by atoms with Crippen LogP contribution in [0.4, 0.5) is 4.79 Å². The van der Waals surface area contributed by atoms with Crippen LogP contribution in [-0.2, 0) is 20.7 Å². The van der Waals surface area contributed by atoms with Gasteiger partial charge in [-0.2, -0.15) is 0 Å². The molecule has 2 aliphatic rings. The van der Waals surface area contributed by atoms with Gasteiger partial charge in [-0.3, -0.25) is 14.5 Å². The maximum absolute atomic E-state index is 12.6. The van der Waals surface area contributed by atoms with Crippen LogP contribution in [0.2, 0.25) is 0 Å². The topological polar surface area (TPSA) is 104 Å². The molecule has 160 valence electrons. The molecule has 2 saturated heterocycles. The molecule has 1 aromatic heterocycles. The zero-order valence-corrected chi connectivity index (χ0v) is 17.0. The third kappa shape index (κ3) is 4.64. The van der Waals surface area contributed by atoms with Crippen LogP contribution in [0.1, 0.15) is 31.2 Å². The Kier molecular flexibility index (Phi) is 6.32. The predicted molar refractivity (Wildman–Crippen MR) is 112 cm³/mol. The van der Waals surface area contributed by atoms with Crippen molar-refractivity contribution in [3.8, 4) is 0 Å². The summed E-state index contributed by atoms with van der Waals surface area (Å²) in [4.78, 5) is 41.5. The molecule has 3 N–H and O–H groups in total. The Balaban J connectivity index is 1.23. The van der Waals surface area contributed by atoms with Crippen molar-refractivity contribution in [2.24, 2.45) is 5.92 Å². The molecule has 2 aliphatic heterocycles. The number of aromatic amines is 1. The number of aromatic nitrogens is 1. The van der Waals surface area contributed by atoms with Gasteiger partial charge in [-0.1, -0.05) is 18.2 Å². The van der Waals surface area contributed by atoms with E-state index in [1.54, 1.807) is 0 Å². The average Bonchev–Trinajstić information content (AvgIpc) is 3.30. The lowest BCUT2D eigenvalue weighted by molar-refractivity contribution is -0.127. The second-order valence-corrected chi connectivity index (χ2v) is 8.00. The van der Waals surface area contributed by atoms with Gasteiger partial charge in [-0.15, -0.1) is 0 Å². The third-order valence-electron chi connectivity index (χ3n) is 5.98. The summed E-state index contributed by atoms with van der Waals surface area (Å²) in [5.74, 6) is 0.119. The molecule has 1 unspecified atom stereocenters. The van der Waals surface area contributed by atoms with E-state index < -0.39 is 6.04 Å². The molecule has 0 bridgehead atoms. The van der Waals surface area contributed by atoms with Crippen LogP contribution in [0.25, 0.3) is 10.9 Å². The van der Waals surface area contributed by atoms with E-state index in [0.29, 0.717) is 31.8 Å². The molecule has 4 amide bonds. The molecule has 0 aliphatic carbocycles. The Labute approximate surface area is 175 Å². The highest BCUT2D eigenvalue weighted by Crippen LogP contribution is 2.20. The van der Waals surface area contributed by atoms with Crippen molar-refractivity contribution in [2.75, 3.05) is 26.3 Å². The van der Waals surface area contributed by atoms with Gasteiger partial charge in [0.15, 0.2) is 0 Å². The van der Waals surface area contributed by atoms with Crippen molar-refractivity contribution in [3.63, 3.8) is 0 Å². The van der Waals surface area contributed by atoms with E-state index in [4.69, 9.17) is 4.74 Å². The monoisotopic (exact) mass is 412 g/mol. The van der Waals surface area contributed by atoms with E-state index in [0.717, 1.165) is 42.5 Å². The number of rotatable bonds is 8. The van der Waals surface area contributed by atoms with E-state index in [1.807, 2.05) is 30.5 Å². The minimum Gasteiger partial charge on any atom is -0.381 e. The summed E-state index contributed by atoms with van der Waals surface area (Å²) in [5, 5.41) is 6.75. The zero-order valence-electron chi connectivity index (χ0n) is 17.0. The zero-order chi connectivity index (χ0) is 20.9. The molecule has 1 aromatic carbocycles. The van der Waals surface area contributed by atoms with Crippen molar-refractivity contribution >= 4 is 28.7 Å². The number of H-pyrrole nitrogens is 1. The first-order valence-electron chi connectivity index (χ1n) is 10.6. The van der Waals surface area contributed by atoms with Gasteiger partial charge < -0.3 is 20.4 Å². The summed E-state index contributed by atoms with van der Waals surface area (Å²) in [6.07, 6.45) is 4.96. The quantitative estimate of drug-likeness (QED) is 0.577. The Morgan fingerprint density at radius 2 is 2.00 bits per heavy atom. The van der Waals surface area contributed by atoms with Crippen LogP contribution in [-0.4, -0.2) is 60.1 Å². The van der Waals surface area contributed by atoms with Gasteiger partial charge in [0.1, 0.15) is 6.04 Å². The number of hydrogen-bond acceptors (Lipinski definition) is 4. The minimum absolute atomic E-state index is 0.0826. The molecular weight excluding hydrogens is 384 g/mol. The summed E-state index contributed by atoms with van der Waals surface area (Å²) in [7, 11) is 0. The molecule has 4 rings (SSSR count). The normalized spacial score (nSPS) is 20.0. The SMILES string of the molecule is O=C(CCC1NC(=O)N(CCc2c[nH]c3ccccc23)C1=O)NCC1CCOCC1. The van der Waals surface area contributed by atoms with Crippen LogP contribution in [0.3, 0.4) is 0 Å². The lowest BCUT2D eigenvalue weighted by Crippen LogP contribution is -2.35. The number of ether oxygens (including phenoxy) is 1. The fourth-order valence-electron chi connectivity index (χ4n) is 4.13. The van der Waals surface area contributed by atoms with Crippen LogP contribution in [0.15, 0.2) is 30.5 Å². The van der Waals surface area contributed by atoms with E-state index in [2.05, 4.69) is 15.6 Å². The molecule has 0 saturated carbocycles. The Morgan fingerprint density at radius 3 is 2.83 bits per heavy atom. The first-order chi connectivity index (χ1) is 14.6. The fourth-order valence-corrected chi connectivity index (χ4v) is 4.13. The second kappa shape index (κ2) is 9.30. The van der Waals surface area contributed by atoms with Crippen LogP contribution in [0, 0.1) is 5.92 Å². The highest BCUT2D eigenvalue weighted by Gasteiger charge is 2.37. The minimum atomic E-state index is -0.630. The van der Waals surface area contributed by atoms with Crippen LogP contribution >= 0.6 is 0 Å². The molecule has 8 heteroatoms. The van der Waals surface area contributed by atoms with Crippen molar-refractivity contribution in [2.45, 2.75) is 38.1 Å². The lowest BCUT2D eigenvalue weighted by Gasteiger charge is -2.22. The summed E-state index contributed by atoms with van der Waals surface area (Å²) in [6.45, 7) is 2.46. The van der Waals surface area contributed by atoms with Crippen LogP contribution < -0.4 is 10.6 Å². The van der Waals surface area contributed by atoms with E-state index in [9.17, 15) is 14.4 Å². The number of amides is 4. The number of urea groups is 1. The molecule has 3 heterocycles. The predicted octanol–water partition coefficient (Wildman–Crippen LogP) is 1.95. The number of carbonyl (C=O) groups excluding carboxylic acids is 3. The average molecular weight is 412 g/mol. The van der Waals surface area contributed by atoms with Crippen molar-refractivity contribution in [1.29, 1.82) is 0 Å². The van der Waals surface area contributed by atoms with Crippen molar-refractivity contribution in [1.82, 2.24) is 20.5 Å². The van der Waals surface area contributed by atoms with Gasteiger partial charge in [-0.05, 0) is 43.2 Å². The first kappa shape index (κ1) is 20.4. The number of fused-ring (bicyclic) bond motifs is 1. The number of para-hydroxylation sites is 1. The molecule has 2 fully saturated rings. The van der Waals surface area contributed by atoms with Gasteiger partial charge in [0.05, 0.1) is 0 Å². The standard InChI is InChI=1S/C22H28N4O4/c27-20(24-13-15-8-11-30-12-9-15)6-5-19-21(28)26(22(29)25-19)10-7-16-14-23-18-4-2-1-3-17(16)18/h1-4,14-15,19,23H,5-13H2,(H,24,27)(H,25,29). The molecule has 30 heavy (non-hydrogen) atoms. The maximum Gasteiger partial charge on any atom is 0.324 e. The van der Waals surface area contributed by atoms with E-state index in [1.165, 1.54) is 4.90 Å².